The number of hydrogen-bond donors (Lipinski definition) is 1. The van der Waals surface area contributed by atoms with Crippen molar-refractivity contribution in [2.24, 2.45) is 0 Å². The average molecular weight is 242 g/mol. The van der Waals surface area contributed by atoms with Gasteiger partial charge in [-0.2, -0.15) is 0 Å². The summed E-state index contributed by atoms with van der Waals surface area (Å²) >= 11 is 0. The van der Waals surface area contributed by atoms with E-state index >= 15 is 0 Å². The van der Waals surface area contributed by atoms with Crippen molar-refractivity contribution in [2.45, 2.75) is 18.8 Å². The van der Waals surface area contributed by atoms with Crippen LogP contribution in [0.5, 0.6) is 0 Å². The van der Waals surface area contributed by atoms with Gasteiger partial charge in [0.2, 0.25) is 0 Å². The van der Waals surface area contributed by atoms with E-state index in [9.17, 15) is 9.18 Å². The lowest BCUT2D eigenvalue weighted by molar-refractivity contribution is -0.273. The van der Waals surface area contributed by atoms with Gasteiger partial charge in [0.1, 0.15) is 5.82 Å². The van der Waals surface area contributed by atoms with Gasteiger partial charge >= 0.3 is 5.97 Å². The molecule has 0 bridgehead atoms. The summed E-state index contributed by atoms with van der Waals surface area (Å²) in [5.74, 6) is -1.57. The van der Waals surface area contributed by atoms with Gasteiger partial charge < -0.3 is 5.11 Å². The van der Waals surface area contributed by atoms with Crippen LogP contribution < -0.4 is 0 Å². The average Bonchev–Trinajstić information content (AvgIpc) is 2.27. The van der Waals surface area contributed by atoms with Crippen molar-refractivity contribution in [1.29, 1.82) is 0 Å². The molecule has 0 aliphatic carbocycles. The monoisotopic (exact) mass is 242 g/mol. The van der Waals surface area contributed by atoms with Crippen molar-refractivity contribution >= 4 is 5.97 Å². The maximum atomic E-state index is 13.0. The Morgan fingerprint density at radius 2 is 2.29 bits per heavy atom. The van der Waals surface area contributed by atoms with Gasteiger partial charge in [0.25, 0.3) is 0 Å². The summed E-state index contributed by atoms with van der Waals surface area (Å²) in [6.45, 7) is 0.269. The molecule has 0 saturated heterocycles. The van der Waals surface area contributed by atoms with Gasteiger partial charge in [-0.25, -0.2) is 14.2 Å². The number of aliphatic carboxylic acids is 1. The molecular formula is C12H15FO4. The van der Waals surface area contributed by atoms with E-state index < -0.39 is 5.97 Å². The third-order valence-corrected chi connectivity index (χ3v) is 2.41. The normalized spacial score (nSPS) is 12.4. The standard InChI is InChI=1S/C12H15FO4/c1-16-17-6-5-10(8-12(14)15)9-3-2-4-11(13)7-9/h2-4,7,10H,5-6,8H2,1H3,(H,14,15). The molecule has 1 aromatic rings. The predicted octanol–water partition coefficient (Wildman–Crippen LogP) is 2.35. The van der Waals surface area contributed by atoms with Crippen molar-refractivity contribution in [1.82, 2.24) is 0 Å². The summed E-state index contributed by atoms with van der Waals surface area (Å²) in [5.41, 5.74) is 0.659. The van der Waals surface area contributed by atoms with Crippen LogP contribution in [0.4, 0.5) is 4.39 Å². The molecule has 0 aliphatic heterocycles. The molecule has 0 aromatic heterocycles. The smallest absolute Gasteiger partial charge is 0.303 e. The molecule has 0 amide bonds. The Balaban J connectivity index is 2.70. The Hall–Kier alpha value is -1.46. The molecule has 1 N–H and O–H groups in total. The summed E-state index contributed by atoms with van der Waals surface area (Å²) in [7, 11) is 1.38. The molecule has 94 valence electrons. The largest absolute Gasteiger partial charge is 0.481 e. The van der Waals surface area contributed by atoms with Crippen LogP contribution in [0, 0.1) is 5.82 Å². The van der Waals surface area contributed by atoms with Crippen molar-refractivity contribution < 1.29 is 24.1 Å². The highest BCUT2D eigenvalue weighted by molar-refractivity contribution is 5.68. The van der Waals surface area contributed by atoms with Crippen LogP contribution in [0.3, 0.4) is 0 Å². The molecule has 1 rings (SSSR count). The molecule has 0 radical (unpaired) electrons. The third kappa shape index (κ3) is 4.93. The van der Waals surface area contributed by atoms with Crippen LogP contribution in [0.2, 0.25) is 0 Å². The van der Waals surface area contributed by atoms with Crippen LogP contribution in [0.1, 0.15) is 24.3 Å². The fourth-order valence-electron chi connectivity index (χ4n) is 1.63. The molecule has 1 atom stereocenters. The zero-order chi connectivity index (χ0) is 12.7. The Kier molecular flexibility index (Phi) is 5.59. The molecule has 0 heterocycles. The highest BCUT2D eigenvalue weighted by atomic mass is 19.1. The van der Waals surface area contributed by atoms with Crippen LogP contribution in [0.15, 0.2) is 24.3 Å². The van der Waals surface area contributed by atoms with Gasteiger partial charge in [0.15, 0.2) is 0 Å². The lowest BCUT2D eigenvalue weighted by Crippen LogP contribution is -2.09. The van der Waals surface area contributed by atoms with Crippen LogP contribution in [-0.4, -0.2) is 24.8 Å². The fraction of sp³-hybridized carbons (Fsp3) is 0.417. The number of carboxylic acid groups (broad SMARTS) is 1. The van der Waals surface area contributed by atoms with Gasteiger partial charge in [0.05, 0.1) is 20.1 Å². The van der Waals surface area contributed by atoms with Crippen LogP contribution >= 0.6 is 0 Å². The van der Waals surface area contributed by atoms with Crippen LogP contribution in [-0.2, 0) is 14.6 Å². The Morgan fingerprint density at radius 1 is 1.53 bits per heavy atom. The number of halogens is 1. The summed E-state index contributed by atoms with van der Waals surface area (Å²) in [6, 6.07) is 5.95. The molecule has 5 heteroatoms. The molecule has 0 spiro atoms. The van der Waals surface area contributed by atoms with Crippen molar-refractivity contribution in [3.63, 3.8) is 0 Å². The van der Waals surface area contributed by atoms with Gasteiger partial charge in [-0.05, 0) is 30.0 Å². The minimum absolute atomic E-state index is 0.0590. The SMILES string of the molecule is COOCCC(CC(=O)O)c1cccc(F)c1. The van der Waals surface area contributed by atoms with Crippen molar-refractivity contribution in [2.75, 3.05) is 13.7 Å². The molecule has 0 fully saturated rings. The van der Waals surface area contributed by atoms with E-state index in [2.05, 4.69) is 4.89 Å². The van der Waals surface area contributed by atoms with Gasteiger partial charge in [0, 0.05) is 0 Å². The minimum atomic E-state index is -0.920. The molecule has 17 heavy (non-hydrogen) atoms. The fourth-order valence-corrected chi connectivity index (χ4v) is 1.63. The predicted molar refractivity (Wildman–Crippen MR) is 59.0 cm³/mol. The summed E-state index contributed by atoms with van der Waals surface area (Å²) in [5, 5.41) is 8.81. The van der Waals surface area contributed by atoms with Crippen LogP contribution in [0.25, 0.3) is 0 Å². The quantitative estimate of drug-likeness (QED) is 0.453. The van der Waals surface area contributed by atoms with E-state index in [1.54, 1.807) is 12.1 Å². The van der Waals surface area contributed by atoms with Crippen molar-refractivity contribution in [3.05, 3.63) is 35.6 Å². The van der Waals surface area contributed by atoms with E-state index in [4.69, 9.17) is 9.99 Å². The first-order valence-corrected chi connectivity index (χ1v) is 5.26. The zero-order valence-electron chi connectivity index (χ0n) is 9.56. The van der Waals surface area contributed by atoms with Gasteiger partial charge in [-0.15, -0.1) is 0 Å². The Morgan fingerprint density at radius 3 is 2.88 bits per heavy atom. The number of hydrogen-bond acceptors (Lipinski definition) is 3. The Bertz CT molecular complexity index is 367. The first-order chi connectivity index (χ1) is 8.13. The number of rotatable bonds is 7. The van der Waals surface area contributed by atoms with E-state index in [1.807, 2.05) is 0 Å². The van der Waals surface area contributed by atoms with Gasteiger partial charge in [-0.3, -0.25) is 4.79 Å². The lowest BCUT2D eigenvalue weighted by atomic mass is 9.93. The second-order valence-electron chi connectivity index (χ2n) is 3.63. The van der Waals surface area contributed by atoms with Gasteiger partial charge in [-0.1, -0.05) is 12.1 Å². The van der Waals surface area contributed by atoms with E-state index in [1.165, 1.54) is 19.2 Å². The first kappa shape index (κ1) is 13.6. The second kappa shape index (κ2) is 6.98. The van der Waals surface area contributed by atoms with E-state index in [-0.39, 0.29) is 24.8 Å². The molecule has 0 aliphatic rings. The number of carbonyl (C=O) groups is 1. The highest BCUT2D eigenvalue weighted by Gasteiger charge is 2.16. The highest BCUT2D eigenvalue weighted by Crippen LogP contribution is 2.24. The summed E-state index contributed by atoms with van der Waals surface area (Å²) in [6.07, 6.45) is 0.403. The maximum absolute atomic E-state index is 13.0. The molecular weight excluding hydrogens is 227 g/mol. The lowest BCUT2D eigenvalue weighted by Gasteiger charge is -2.14. The second-order valence-corrected chi connectivity index (χ2v) is 3.63. The molecule has 0 saturated carbocycles. The zero-order valence-corrected chi connectivity index (χ0v) is 9.56. The maximum Gasteiger partial charge on any atom is 0.303 e. The number of benzene rings is 1. The van der Waals surface area contributed by atoms with E-state index in [0.29, 0.717) is 12.0 Å². The minimum Gasteiger partial charge on any atom is -0.481 e. The third-order valence-electron chi connectivity index (χ3n) is 2.41. The number of carboxylic acids is 1. The van der Waals surface area contributed by atoms with E-state index in [0.717, 1.165) is 0 Å². The molecule has 1 aromatic carbocycles. The topological polar surface area (TPSA) is 55.8 Å². The Labute approximate surface area is 98.9 Å². The molecule has 4 nitrogen and oxygen atoms in total. The first-order valence-electron chi connectivity index (χ1n) is 5.26. The molecule has 1 unspecified atom stereocenters. The van der Waals surface area contributed by atoms with Crippen molar-refractivity contribution in [3.8, 4) is 0 Å². The summed E-state index contributed by atoms with van der Waals surface area (Å²) in [4.78, 5) is 19.9. The summed E-state index contributed by atoms with van der Waals surface area (Å²) < 4.78 is 13.0.